The maximum atomic E-state index is 13.7. The summed E-state index contributed by atoms with van der Waals surface area (Å²) in [5, 5.41) is 5.78. The maximum Gasteiger partial charge on any atom is 0.534 e. The monoisotopic (exact) mass is 790 g/mol. The zero-order valence-electron chi connectivity index (χ0n) is 29.8. The van der Waals surface area contributed by atoms with Crippen molar-refractivity contribution in [3.05, 3.63) is 176 Å². The largest absolute Gasteiger partial charge is 0.534 e. The van der Waals surface area contributed by atoms with Gasteiger partial charge in [0.25, 0.3) is 0 Å². The van der Waals surface area contributed by atoms with Crippen LogP contribution in [0.25, 0.3) is 69.6 Å². The van der Waals surface area contributed by atoms with Crippen molar-refractivity contribution in [3.8, 4) is 22.6 Å². The smallest absolute Gasteiger partial charge is 0.376 e. The summed E-state index contributed by atoms with van der Waals surface area (Å²) in [4.78, 5) is 1.89. The lowest BCUT2D eigenvalue weighted by atomic mass is 10.0. The highest BCUT2D eigenvalue weighted by molar-refractivity contribution is 7.88. The third-order valence-electron chi connectivity index (χ3n) is 10.3. The van der Waals surface area contributed by atoms with Crippen molar-refractivity contribution in [2.75, 3.05) is 4.90 Å². The standard InChI is InChI=1S/C47H29F3N2O3S2/c48-47(49,50)57(53,54)55-35-28-40-39-27-32(23-25-45(39)56-46(40)44(29-35)51(33-14-3-1-4-15-33)34-16-5-2-6-17-34)31-22-24-43-38(26-31)37-19-9-10-20-42(37)52(43)41-21-11-13-30-12-7-8-18-36(30)41/h1-29H. The molecule has 10 rings (SSSR count). The van der Waals surface area contributed by atoms with Crippen LogP contribution in [0.5, 0.6) is 5.75 Å². The number of hydrogen-bond donors (Lipinski definition) is 0. The Labute approximate surface area is 329 Å². The molecule has 10 aromatic rings. The van der Waals surface area contributed by atoms with E-state index in [1.807, 2.05) is 102 Å². The van der Waals surface area contributed by atoms with Gasteiger partial charge in [-0.25, -0.2) is 0 Å². The first-order valence-electron chi connectivity index (χ1n) is 18.1. The summed E-state index contributed by atoms with van der Waals surface area (Å²) >= 11 is 1.48. The zero-order valence-corrected chi connectivity index (χ0v) is 31.4. The minimum atomic E-state index is -5.96. The van der Waals surface area contributed by atoms with Crippen LogP contribution in [0, 0.1) is 0 Å². The van der Waals surface area contributed by atoms with Crippen LogP contribution in [-0.2, 0) is 10.1 Å². The average Bonchev–Trinajstić information content (AvgIpc) is 3.76. The molecule has 0 unspecified atom stereocenters. The van der Waals surface area contributed by atoms with Crippen LogP contribution in [0.2, 0.25) is 0 Å². The normalized spacial score (nSPS) is 12.3. The number of aromatic nitrogens is 1. The molecule has 2 heterocycles. The Kier molecular flexibility index (Phi) is 8.10. The van der Waals surface area contributed by atoms with Crippen LogP contribution in [-0.4, -0.2) is 18.5 Å². The quantitative estimate of drug-likeness (QED) is 0.119. The second-order valence-corrected chi connectivity index (χ2v) is 16.3. The van der Waals surface area contributed by atoms with E-state index in [0.717, 1.165) is 75.6 Å². The lowest BCUT2D eigenvalue weighted by Crippen LogP contribution is -2.28. The van der Waals surface area contributed by atoms with Gasteiger partial charge in [0.1, 0.15) is 5.75 Å². The van der Waals surface area contributed by atoms with Gasteiger partial charge in [0.15, 0.2) is 0 Å². The molecule has 0 radical (unpaired) electrons. The first-order chi connectivity index (χ1) is 27.6. The van der Waals surface area contributed by atoms with Gasteiger partial charge in [-0.3, -0.25) is 0 Å². The molecule has 0 atom stereocenters. The fourth-order valence-electron chi connectivity index (χ4n) is 7.80. The molecule has 0 spiro atoms. The third kappa shape index (κ3) is 5.87. The molecule has 0 bridgehead atoms. The van der Waals surface area contributed by atoms with Crippen molar-refractivity contribution in [1.29, 1.82) is 0 Å². The van der Waals surface area contributed by atoms with Gasteiger partial charge in [0.05, 0.1) is 27.1 Å². The Morgan fingerprint density at radius 3 is 1.86 bits per heavy atom. The number of fused-ring (bicyclic) bond motifs is 7. The van der Waals surface area contributed by atoms with Gasteiger partial charge in [0.2, 0.25) is 0 Å². The number of benzene rings is 8. The van der Waals surface area contributed by atoms with E-state index in [0.29, 0.717) is 11.1 Å². The topological polar surface area (TPSA) is 51.5 Å². The Hall–Kier alpha value is -6.62. The van der Waals surface area contributed by atoms with Crippen LogP contribution < -0.4 is 9.08 Å². The number of anilines is 3. The second-order valence-electron chi connectivity index (χ2n) is 13.7. The first-order valence-corrected chi connectivity index (χ1v) is 20.3. The Bertz CT molecular complexity index is 3240. The SMILES string of the molecule is O=S(=O)(Oc1cc(N(c2ccccc2)c2ccccc2)c2sc3ccc(-c4ccc5c(c4)c4ccccc4n5-c4cccc5ccccc45)cc3c2c1)C(F)(F)F. The first kappa shape index (κ1) is 34.8. The maximum absolute atomic E-state index is 13.7. The molecular formula is C47H29F3N2O3S2. The number of nitrogens with zero attached hydrogens (tertiary/aromatic N) is 2. The van der Waals surface area contributed by atoms with Gasteiger partial charge >= 0.3 is 15.6 Å². The highest BCUT2D eigenvalue weighted by atomic mass is 32.2. The molecule has 0 aliphatic rings. The minimum absolute atomic E-state index is 0.445. The van der Waals surface area contributed by atoms with Crippen LogP contribution in [0.3, 0.4) is 0 Å². The molecule has 0 N–H and O–H groups in total. The fourth-order valence-corrected chi connectivity index (χ4v) is 9.41. The molecule has 0 saturated carbocycles. The summed E-state index contributed by atoms with van der Waals surface area (Å²) in [5.41, 5.74) is 1.39. The van der Waals surface area contributed by atoms with E-state index in [-0.39, 0.29) is 0 Å². The van der Waals surface area contributed by atoms with E-state index in [1.54, 1.807) is 0 Å². The molecule has 0 aliphatic heterocycles. The molecule has 0 fully saturated rings. The summed E-state index contributed by atoms with van der Waals surface area (Å²) in [5.74, 6) is -0.445. The number of rotatable bonds is 7. The Morgan fingerprint density at radius 1 is 0.544 bits per heavy atom. The van der Waals surface area contributed by atoms with Crippen LogP contribution in [0.15, 0.2) is 176 Å². The number of para-hydroxylation sites is 3. The van der Waals surface area contributed by atoms with Gasteiger partial charge in [-0.15, -0.1) is 11.3 Å². The summed E-state index contributed by atoms with van der Waals surface area (Å²) in [7, 11) is -5.96. The predicted molar refractivity (Wildman–Crippen MR) is 227 cm³/mol. The number of alkyl halides is 3. The molecule has 0 saturated heterocycles. The van der Waals surface area contributed by atoms with Gasteiger partial charge < -0.3 is 13.7 Å². The fraction of sp³-hybridized carbons (Fsp3) is 0.0213. The molecular weight excluding hydrogens is 762 g/mol. The minimum Gasteiger partial charge on any atom is -0.376 e. The number of hydrogen-bond acceptors (Lipinski definition) is 5. The number of thiophene rings is 1. The summed E-state index contributed by atoms with van der Waals surface area (Å²) < 4.78 is 74.7. The Balaban J connectivity index is 1.18. The second kappa shape index (κ2) is 13.3. The van der Waals surface area contributed by atoms with Crippen molar-refractivity contribution in [1.82, 2.24) is 4.57 Å². The molecule has 5 nitrogen and oxygen atoms in total. The van der Waals surface area contributed by atoms with E-state index >= 15 is 0 Å². The average molecular weight is 791 g/mol. The summed E-state index contributed by atoms with van der Waals surface area (Å²) in [6, 6.07) is 57.0. The van der Waals surface area contributed by atoms with Crippen LogP contribution in [0.4, 0.5) is 30.2 Å². The molecule has 0 amide bonds. The van der Waals surface area contributed by atoms with E-state index in [4.69, 9.17) is 4.18 Å². The predicted octanol–water partition coefficient (Wildman–Crippen LogP) is 13.7. The van der Waals surface area contributed by atoms with Gasteiger partial charge in [-0.1, -0.05) is 103 Å². The lowest BCUT2D eigenvalue weighted by Gasteiger charge is -2.26. The molecule has 57 heavy (non-hydrogen) atoms. The molecule has 0 aliphatic carbocycles. The van der Waals surface area contributed by atoms with Gasteiger partial charge in [0, 0.05) is 49.1 Å². The van der Waals surface area contributed by atoms with Crippen molar-refractivity contribution >= 4 is 91.3 Å². The Morgan fingerprint density at radius 2 is 1.14 bits per heavy atom. The van der Waals surface area contributed by atoms with Crippen LogP contribution in [0.1, 0.15) is 0 Å². The van der Waals surface area contributed by atoms with Crippen molar-refractivity contribution < 1.29 is 25.8 Å². The third-order valence-corrected chi connectivity index (χ3v) is 12.5. The molecule has 10 heteroatoms. The highest BCUT2D eigenvalue weighted by Gasteiger charge is 2.48. The van der Waals surface area contributed by atoms with Crippen molar-refractivity contribution in [2.45, 2.75) is 5.51 Å². The lowest BCUT2D eigenvalue weighted by molar-refractivity contribution is -0.0500. The summed E-state index contributed by atoms with van der Waals surface area (Å²) in [6.07, 6.45) is 0. The summed E-state index contributed by atoms with van der Waals surface area (Å²) in [6.45, 7) is 0. The molecule has 8 aromatic carbocycles. The number of halogens is 3. The van der Waals surface area contributed by atoms with Crippen molar-refractivity contribution in [3.63, 3.8) is 0 Å². The molecule has 278 valence electrons. The zero-order chi connectivity index (χ0) is 38.9. The van der Waals surface area contributed by atoms with Crippen molar-refractivity contribution in [2.24, 2.45) is 0 Å². The van der Waals surface area contributed by atoms with E-state index in [9.17, 15) is 21.6 Å². The molecule has 2 aromatic heterocycles. The van der Waals surface area contributed by atoms with E-state index < -0.39 is 21.4 Å². The van der Waals surface area contributed by atoms with Gasteiger partial charge in [-0.2, -0.15) is 21.6 Å². The highest BCUT2D eigenvalue weighted by Crippen LogP contribution is 2.48. The van der Waals surface area contributed by atoms with E-state index in [2.05, 4.69) is 71.3 Å². The van der Waals surface area contributed by atoms with Crippen LogP contribution >= 0.6 is 11.3 Å². The van der Waals surface area contributed by atoms with Gasteiger partial charge in [-0.05, 0) is 83.2 Å². The van der Waals surface area contributed by atoms with E-state index in [1.165, 1.54) is 23.5 Å².